The first-order valence-corrected chi connectivity index (χ1v) is 31.9. The zero-order valence-corrected chi connectivity index (χ0v) is 48.2. The maximum Gasteiger partial charge on any atom is 0.472 e. The van der Waals surface area contributed by atoms with Crippen molar-refractivity contribution in [1.82, 2.24) is 0 Å². The van der Waals surface area contributed by atoms with Gasteiger partial charge in [0.1, 0.15) is 19.8 Å². The van der Waals surface area contributed by atoms with Crippen molar-refractivity contribution in [2.45, 2.75) is 315 Å². The van der Waals surface area contributed by atoms with Gasteiger partial charge in [0.2, 0.25) is 0 Å². The number of hydrogen-bond acceptors (Lipinski definition) is 7. The molecule has 2 atom stereocenters. The van der Waals surface area contributed by atoms with Gasteiger partial charge in [0, 0.05) is 12.8 Å². The highest BCUT2D eigenvalue weighted by Crippen LogP contribution is 2.43. The van der Waals surface area contributed by atoms with Gasteiger partial charge < -0.3 is 18.9 Å². The molecule has 0 aliphatic rings. The number of rotatable bonds is 57. The summed E-state index contributed by atoms with van der Waals surface area (Å²) in [6.07, 6.45) is 61.5. The van der Waals surface area contributed by atoms with Crippen molar-refractivity contribution in [3.8, 4) is 0 Å². The lowest BCUT2D eigenvalue weighted by atomic mass is 10.0. The van der Waals surface area contributed by atoms with Crippen LogP contribution in [0, 0.1) is 0 Å². The van der Waals surface area contributed by atoms with Gasteiger partial charge in [-0.1, -0.05) is 270 Å². The molecule has 0 aromatic rings. The van der Waals surface area contributed by atoms with Crippen LogP contribution in [0.15, 0.2) is 12.2 Å². The lowest BCUT2D eigenvalue weighted by molar-refractivity contribution is -0.870. The minimum Gasteiger partial charge on any atom is -0.462 e. The van der Waals surface area contributed by atoms with E-state index in [1.165, 1.54) is 244 Å². The number of carbonyl (C=O) groups excluding carboxylic acids is 2. The third-order valence-electron chi connectivity index (χ3n) is 13.8. The van der Waals surface area contributed by atoms with Gasteiger partial charge in [-0.3, -0.25) is 18.6 Å². The summed E-state index contributed by atoms with van der Waals surface area (Å²) in [6.45, 7) is 4.49. The highest BCUT2D eigenvalue weighted by Gasteiger charge is 2.27. The molecule has 0 amide bonds. The largest absolute Gasteiger partial charge is 0.472 e. The van der Waals surface area contributed by atoms with Crippen LogP contribution in [0.3, 0.4) is 0 Å². The molecule has 0 aromatic carbocycles. The molecule has 1 N–H and O–H groups in total. The average molecular weight is 1010 g/mol. The van der Waals surface area contributed by atoms with E-state index < -0.39 is 26.5 Å². The molecular formula is C60H119NO8P+. The van der Waals surface area contributed by atoms with Crippen LogP contribution in [0.5, 0.6) is 0 Å². The van der Waals surface area contributed by atoms with Gasteiger partial charge in [-0.15, -0.1) is 0 Å². The molecule has 0 rings (SSSR count). The predicted octanol–water partition coefficient (Wildman–Crippen LogP) is 18.8. The smallest absolute Gasteiger partial charge is 0.462 e. The first kappa shape index (κ1) is 68.8. The Morgan fingerprint density at radius 2 is 0.729 bits per heavy atom. The van der Waals surface area contributed by atoms with Crippen molar-refractivity contribution >= 4 is 19.8 Å². The van der Waals surface area contributed by atoms with E-state index in [2.05, 4.69) is 26.0 Å². The Balaban J connectivity index is 4.06. The van der Waals surface area contributed by atoms with Crippen LogP contribution in [0.1, 0.15) is 309 Å². The van der Waals surface area contributed by atoms with Crippen LogP contribution in [0.4, 0.5) is 0 Å². The molecule has 2 unspecified atom stereocenters. The molecule has 70 heavy (non-hydrogen) atoms. The Bertz CT molecular complexity index is 1190. The first-order chi connectivity index (χ1) is 34.0. The summed E-state index contributed by atoms with van der Waals surface area (Å²) >= 11 is 0. The van der Waals surface area contributed by atoms with Gasteiger partial charge in [0.15, 0.2) is 6.10 Å². The minimum atomic E-state index is -4.38. The second kappa shape index (κ2) is 52.6. The fraction of sp³-hybridized carbons (Fsp3) is 0.933. The number of phosphoric acid groups is 1. The zero-order chi connectivity index (χ0) is 51.3. The van der Waals surface area contributed by atoms with Gasteiger partial charge in [0.25, 0.3) is 0 Å². The van der Waals surface area contributed by atoms with Crippen molar-refractivity contribution in [1.29, 1.82) is 0 Å². The van der Waals surface area contributed by atoms with E-state index in [9.17, 15) is 19.0 Å². The molecule has 416 valence electrons. The molecule has 0 saturated heterocycles. The molecule has 0 spiro atoms. The van der Waals surface area contributed by atoms with Gasteiger partial charge in [-0.2, -0.15) is 0 Å². The van der Waals surface area contributed by atoms with Crippen molar-refractivity contribution in [3.05, 3.63) is 12.2 Å². The van der Waals surface area contributed by atoms with E-state index in [0.717, 1.165) is 32.1 Å². The summed E-state index contributed by atoms with van der Waals surface area (Å²) in [7, 11) is 1.49. The molecule has 0 bridgehead atoms. The number of nitrogens with zero attached hydrogens (tertiary/aromatic N) is 1. The molecule has 0 radical (unpaired) electrons. The lowest BCUT2D eigenvalue weighted by Gasteiger charge is -2.24. The topological polar surface area (TPSA) is 108 Å². The van der Waals surface area contributed by atoms with E-state index in [-0.39, 0.29) is 25.6 Å². The molecule has 9 nitrogen and oxygen atoms in total. The normalized spacial score (nSPS) is 13.3. The number of allylic oxidation sites excluding steroid dienone is 2. The van der Waals surface area contributed by atoms with Crippen molar-refractivity contribution in [3.63, 3.8) is 0 Å². The van der Waals surface area contributed by atoms with E-state index >= 15 is 0 Å². The number of hydrogen-bond donors (Lipinski definition) is 1. The number of esters is 2. The third kappa shape index (κ3) is 56.1. The monoisotopic (exact) mass is 1010 g/mol. The Labute approximate surface area is 435 Å². The number of carbonyl (C=O) groups is 2. The molecule has 10 heteroatoms. The van der Waals surface area contributed by atoms with Crippen LogP contribution in [-0.2, 0) is 32.7 Å². The number of unbranched alkanes of at least 4 members (excludes halogenated alkanes) is 41. The van der Waals surface area contributed by atoms with E-state index in [0.29, 0.717) is 23.9 Å². The lowest BCUT2D eigenvalue weighted by Crippen LogP contribution is -2.37. The molecular weight excluding hydrogens is 894 g/mol. The van der Waals surface area contributed by atoms with Crippen LogP contribution in [0.2, 0.25) is 0 Å². The Morgan fingerprint density at radius 3 is 1.06 bits per heavy atom. The second-order valence-corrected chi connectivity index (χ2v) is 23.6. The average Bonchev–Trinajstić information content (AvgIpc) is 3.32. The minimum absolute atomic E-state index is 0.0351. The van der Waals surface area contributed by atoms with Crippen LogP contribution in [0.25, 0.3) is 0 Å². The number of phosphoric ester groups is 1. The van der Waals surface area contributed by atoms with Crippen molar-refractivity contribution in [2.24, 2.45) is 0 Å². The van der Waals surface area contributed by atoms with Gasteiger partial charge >= 0.3 is 19.8 Å². The highest BCUT2D eigenvalue weighted by atomic mass is 31.2. The standard InChI is InChI=1S/C60H118NO8P/c1-6-8-10-12-14-16-18-20-22-24-26-27-28-29-30-31-32-33-35-36-38-40-42-44-46-48-50-52-59(62)66-56-58(57-68-70(64,65)67-55-54-61(3,4)5)69-60(63)53-51-49-47-45-43-41-39-37-34-25-23-21-19-17-15-13-11-9-7-2/h21,23,58H,6-20,22,24-57H2,1-5H3/p+1/b23-21-. The molecule has 0 aliphatic heterocycles. The molecule has 0 saturated carbocycles. The highest BCUT2D eigenvalue weighted by molar-refractivity contribution is 7.47. The van der Waals surface area contributed by atoms with Crippen LogP contribution in [-0.4, -0.2) is 74.9 Å². The second-order valence-electron chi connectivity index (χ2n) is 22.1. The Kier molecular flexibility index (Phi) is 51.7. The molecule has 0 heterocycles. The fourth-order valence-corrected chi connectivity index (χ4v) is 9.81. The summed E-state index contributed by atoms with van der Waals surface area (Å²) < 4.78 is 34.6. The van der Waals surface area contributed by atoms with Crippen LogP contribution < -0.4 is 0 Å². The number of quaternary nitrogens is 1. The van der Waals surface area contributed by atoms with Crippen LogP contribution >= 0.6 is 7.82 Å². The molecule has 0 aliphatic carbocycles. The predicted molar refractivity (Wildman–Crippen MR) is 298 cm³/mol. The van der Waals surface area contributed by atoms with Crippen molar-refractivity contribution in [2.75, 3.05) is 47.5 Å². The first-order valence-electron chi connectivity index (χ1n) is 30.4. The van der Waals surface area contributed by atoms with E-state index in [1.54, 1.807) is 0 Å². The Hall–Kier alpha value is -1.25. The fourth-order valence-electron chi connectivity index (χ4n) is 9.07. The number of ether oxygens (including phenoxy) is 2. The summed E-state index contributed by atoms with van der Waals surface area (Å²) in [6, 6.07) is 0. The Morgan fingerprint density at radius 1 is 0.429 bits per heavy atom. The summed E-state index contributed by atoms with van der Waals surface area (Å²) in [4.78, 5) is 35.7. The number of likely N-dealkylation sites (N-methyl/N-ethyl adjacent to an activating group) is 1. The zero-order valence-electron chi connectivity index (χ0n) is 47.3. The molecule has 0 fully saturated rings. The summed E-state index contributed by atoms with van der Waals surface area (Å²) in [5.41, 5.74) is 0. The summed E-state index contributed by atoms with van der Waals surface area (Å²) in [5.74, 6) is -0.780. The third-order valence-corrected chi connectivity index (χ3v) is 14.8. The summed E-state index contributed by atoms with van der Waals surface area (Å²) in [5, 5.41) is 0. The maximum absolute atomic E-state index is 12.8. The maximum atomic E-state index is 12.8. The van der Waals surface area contributed by atoms with E-state index in [1.807, 2.05) is 21.1 Å². The van der Waals surface area contributed by atoms with Gasteiger partial charge in [-0.05, 0) is 38.5 Å². The molecule has 0 aromatic heterocycles. The van der Waals surface area contributed by atoms with E-state index in [4.69, 9.17) is 18.5 Å². The SMILES string of the molecule is CCCCCCCC/C=C\CCCCCCCCCCCC(=O)OC(COC(=O)CCCCCCCCCCCCCCCCCCCCCCCCCCCCC)COP(=O)(O)OCC[N+](C)(C)C. The van der Waals surface area contributed by atoms with Gasteiger partial charge in [0.05, 0.1) is 27.7 Å². The van der Waals surface area contributed by atoms with Gasteiger partial charge in [-0.25, -0.2) is 4.57 Å². The van der Waals surface area contributed by atoms with Crippen molar-refractivity contribution < 1.29 is 42.1 Å². The quantitative estimate of drug-likeness (QED) is 0.0211.